The fourth-order valence-electron chi connectivity index (χ4n) is 0.968. The summed E-state index contributed by atoms with van der Waals surface area (Å²) in [6.45, 7) is 0. The van der Waals surface area contributed by atoms with Crippen molar-refractivity contribution in [2.75, 3.05) is 0 Å². The second-order valence-electron chi connectivity index (χ2n) is 2.46. The van der Waals surface area contributed by atoms with Gasteiger partial charge in [0.1, 0.15) is 11.4 Å². The molecule has 6 heteroatoms. The molecule has 1 aromatic heterocycles. The SMILES string of the molecule is N#CCc1c(C(F)F)ncc(O)c1Br. The number of rotatable bonds is 2. The molecular weight excluding hydrogens is 258 g/mol. The molecule has 74 valence electrons. The van der Waals surface area contributed by atoms with Gasteiger partial charge in [-0.1, -0.05) is 0 Å². The zero-order valence-corrected chi connectivity index (χ0v) is 8.42. The van der Waals surface area contributed by atoms with Crippen LogP contribution >= 0.6 is 15.9 Å². The summed E-state index contributed by atoms with van der Waals surface area (Å²) in [6, 6.07) is 1.73. The van der Waals surface area contributed by atoms with Gasteiger partial charge in [-0.3, -0.25) is 4.98 Å². The second kappa shape index (κ2) is 4.33. The number of nitrogens with zero attached hydrogens (tertiary/aromatic N) is 2. The molecule has 0 atom stereocenters. The van der Waals surface area contributed by atoms with Crippen LogP contribution in [0.3, 0.4) is 0 Å². The van der Waals surface area contributed by atoms with Crippen molar-refractivity contribution in [2.24, 2.45) is 0 Å². The Morgan fingerprint density at radius 3 is 2.79 bits per heavy atom. The van der Waals surface area contributed by atoms with Crippen LogP contribution < -0.4 is 0 Å². The van der Waals surface area contributed by atoms with Crippen LogP contribution in [0.25, 0.3) is 0 Å². The predicted octanol–water partition coefficient (Wildman–Crippen LogP) is 2.55. The molecule has 0 saturated heterocycles. The minimum absolute atomic E-state index is 0.0301. The molecule has 0 aliphatic heterocycles. The van der Waals surface area contributed by atoms with E-state index in [9.17, 15) is 8.78 Å². The quantitative estimate of drug-likeness (QED) is 0.891. The normalized spacial score (nSPS) is 10.2. The van der Waals surface area contributed by atoms with Crippen LogP contribution in [0.1, 0.15) is 17.7 Å². The Kier molecular flexibility index (Phi) is 3.36. The lowest BCUT2D eigenvalue weighted by atomic mass is 10.1. The highest BCUT2D eigenvalue weighted by Crippen LogP contribution is 2.32. The Bertz CT molecular complexity index is 390. The zero-order chi connectivity index (χ0) is 10.7. The Labute approximate surface area is 87.1 Å². The fourth-order valence-corrected chi connectivity index (χ4v) is 1.41. The molecule has 1 aromatic rings. The molecule has 0 unspecified atom stereocenters. The highest BCUT2D eigenvalue weighted by molar-refractivity contribution is 9.10. The van der Waals surface area contributed by atoms with Crippen molar-refractivity contribution < 1.29 is 13.9 Å². The van der Waals surface area contributed by atoms with Gasteiger partial charge in [-0.2, -0.15) is 5.26 Å². The van der Waals surface area contributed by atoms with E-state index in [2.05, 4.69) is 20.9 Å². The maximum atomic E-state index is 12.4. The highest BCUT2D eigenvalue weighted by Gasteiger charge is 2.19. The Morgan fingerprint density at radius 1 is 1.64 bits per heavy atom. The van der Waals surface area contributed by atoms with Crippen LogP contribution in [0.15, 0.2) is 10.7 Å². The summed E-state index contributed by atoms with van der Waals surface area (Å²) >= 11 is 2.93. The third-order valence-electron chi connectivity index (χ3n) is 1.59. The summed E-state index contributed by atoms with van der Waals surface area (Å²) in [6.07, 6.45) is -2.05. The van der Waals surface area contributed by atoms with Crippen LogP contribution in [0.2, 0.25) is 0 Å². The maximum absolute atomic E-state index is 12.4. The number of aromatic nitrogens is 1. The minimum atomic E-state index is -2.75. The maximum Gasteiger partial charge on any atom is 0.280 e. The first-order valence-corrected chi connectivity index (χ1v) is 4.38. The number of halogens is 3. The standard InChI is InChI=1S/C8H5BrF2N2O/c9-6-4(1-2-12)7(8(10)11)13-3-5(6)14/h3,8,14H,1H2. The molecule has 0 aliphatic carbocycles. The molecule has 1 heterocycles. The van der Waals surface area contributed by atoms with E-state index in [1.165, 1.54) is 0 Å². The molecule has 0 aliphatic rings. The molecule has 3 nitrogen and oxygen atoms in total. The Balaban J connectivity index is 3.31. The van der Waals surface area contributed by atoms with Crippen LogP contribution in [-0.2, 0) is 6.42 Å². The smallest absolute Gasteiger partial charge is 0.280 e. The van der Waals surface area contributed by atoms with Crippen molar-refractivity contribution >= 4 is 15.9 Å². The monoisotopic (exact) mass is 262 g/mol. The lowest BCUT2D eigenvalue weighted by molar-refractivity contribution is 0.144. The van der Waals surface area contributed by atoms with Gasteiger partial charge in [-0.15, -0.1) is 0 Å². The topological polar surface area (TPSA) is 56.9 Å². The van der Waals surface area contributed by atoms with Crippen molar-refractivity contribution in [1.29, 1.82) is 5.26 Å². The Hall–Kier alpha value is -1.22. The molecule has 0 saturated carbocycles. The van der Waals surface area contributed by atoms with Crippen LogP contribution in [0.4, 0.5) is 8.78 Å². The molecule has 1 rings (SSSR count). The largest absolute Gasteiger partial charge is 0.505 e. The molecule has 0 bridgehead atoms. The number of pyridine rings is 1. The number of alkyl halides is 2. The third kappa shape index (κ3) is 1.99. The van der Waals surface area contributed by atoms with E-state index >= 15 is 0 Å². The molecule has 0 amide bonds. The van der Waals surface area contributed by atoms with Crippen molar-refractivity contribution in [3.05, 3.63) is 21.9 Å². The average molecular weight is 263 g/mol. The van der Waals surface area contributed by atoms with Gasteiger partial charge in [-0.25, -0.2) is 8.78 Å². The molecule has 14 heavy (non-hydrogen) atoms. The number of nitriles is 1. The van der Waals surface area contributed by atoms with Gasteiger partial charge < -0.3 is 5.11 Å². The van der Waals surface area contributed by atoms with E-state index in [1.54, 1.807) is 6.07 Å². The summed E-state index contributed by atoms with van der Waals surface area (Å²) in [5.74, 6) is -0.250. The van der Waals surface area contributed by atoms with Gasteiger partial charge in [0.15, 0.2) is 0 Å². The zero-order valence-electron chi connectivity index (χ0n) is 6.84. The molecule has 0 fully saturated rings. The first kappa shape index (κ1) is 10.9. The van der Waals surface area contributed by atoms with Gasteiger partial charge in [0.2, 0.25) is 0 Å². The summed E-state index contributed by atoms with van der Waals surface area (Å²) < 4.78 is 24.9. The fraction of sp³-hybridized carbons (Fsp3) is 0.250. The third-order valence-corrected chi connectivity index (χ3v) is 2.47. The molecule has 0 radical (unpaired) electrons. The summed E-state index contributed by atoms with van der Waals surface area (Å²) in [5, 5.41) is 17.6. The second-order valence-corrected chi connectivity index (χ2v) is 3.25. The predicted molar refractivity (Wildman–Crippen MR) is 47.9 cm³/mol. The van der Waals surface area contributed by atoms with Crippen LogP contribution in [0.5, 0.6) is 5.75 Å². The van der Waals surface area contributed by atoms with Crippen LogP contribution in [-0.4, -0.2) is 10.1 Å². The summed E-state index contributed by atoms with van der Waals surface area (Å²) in [4.78, 5) is 3.38. The van der Waals surface area contributed by atoms with Gasteiger partial charge in [0, 0.05) is 5.56 Å². The van der Waals surface area contributed by atoms with Crippen molar-refractivity contribution in [1.82, 2.24) is 4.98 Å². The van der Waals surface area contributed by atoms with E-state index in [0.29, 0.717) is 0 Å². The van der Waals surface area contributed by atoms with E-state index in [4.69, 9.17) is 10.4 Å². The van der Waals surface area contributed by atoms with Crippen molar-refractivity contribution in [3.8, 4) is 11.8 Å². The highest BCUT2D eigenvalue weighted by atomic mass is 79.9. The van der Waals surface area contributed by atoms with E-state index in [-0.39, 0.29) is 22.2 Å². The average Bonchev–Trinajstić information content (AvgIpc) is 2.13. The first-order valence-electron chi connectivity index (χ1n) is 3.59. The summed E-state index contributed by atoms with van der Waals surface area (Å²) in [7, 11) is 0. The van der Waals surface area contributed by atoms with E-state index < -0.39 is 12.1 Å². The lowest BCUT2D eigenvalue weighted by Crippen LogP contribution is -1.99. The molecule has 0 aromatic carbocycles. The van der Waals surface area contributed by atoms with Gasteiger partial charge >= 0.3 is 0 Å². The number of hydrogen-bond acceptors (Lipinski definition) is 3. The molecule has 1 N–H and O–H groups in total. The van der Waals surface area contributed by atoms with Gasteiger partial charge in [0.25, 0.3) is 6.43 Å². The molecular formula is C8H5BrF2N2O. The Morgan fingerprint density at radius 2 is 2.29 bits per heavy atom. The number of hydrogen-bond donors (Lipinski definition) is 1. The van der Waals surface area contributed by atoms with E-state index in [1.807, 2.05) is 0 Å². The van der Waals surface area contributed by atoms with Crippen molar-refractivity contribution in [2.45, 2.75) is 12.8 Å². The molecule has 0 spiro atoms. The first-order chi connectivity index (χ1) is 6.57. The van der Waals surface area contributed by atoms with Gasteiger partial charge in [0.05, 0.1) is 23.2 Å². The van der Waals surface area contributed by atoms with Crippen molar-refractivity contribution in [3.63, 3.8) is 0 Å². The summed E-state index contributed by atoms with van der Waals surface area (Å²) in [5.41, 5.74) is -0.446. The van der Waals surface area contributed by atoms with E-state index in [0.717, 1.165) is 6.20 Å². The number of aromatic hydroxyl groups is 1. The minimum Gasteiger partial charge on any atom is -0.505 e. The van der Waals surface area contributed by atoms with Gasteiger partial charge in [-0.05, 0) is 15.9 Å². The lowest BCUT2D eigenvalue weighted by Gasteiger charge is -2.07. The van der Waals surface area contributed by atoms with Crippen LogP contribution in [0, 0.1) is 11.3 Å².